The molecule has 0 spiro atoms. The SMILES string of the molecule is Cc1ccc(C#Cc2ccc(C(F)(F)Oc3ccc(F)cc3)cc2)cc1. The number of hydrogen-bond acceptors (Lipinski definition) is 1. The fraction of sp³-hybridized carbons (Fsp3) is 0.0909. The van der Waals surface area contributed by atoms with Crippen molar-refractivity contribution in [1.82, 2.24) is 0 Å². The van der Waals surface area contributed by atoms with Gasteiger partial charge >= 0.3 is 6.11 Å². The number of benzene rings is 3. The maximum atomic E-state index is 14.2. The molecule has 130 valence electrons. The molecular formula is C22H15F3O. The highest BCUT2D eigenvalue weighted by Gasteiger charge is 2.34. The van der Waals surface area contributed by atoms with E-state index < -0.39 is 11.9 Å². The fourth-order valence-electron chi connectivity index (χ4n) is 2.24. The topological polar surface area (TPSA) is 9.23 Å². The molecule has 4 heteroatoms. The van der Waals surface area contributed by atoms with Gasteiger partial charge in [0.1, 0.15) is 11.6 Å². The Morgan fingerprint density at radius 2 is 1.23 bits per heavy atom. The normalized spacial score (nSPS) is 10.8. The molecule has 0 fully saturated rings. The van der Waals surface area contributed by atoms with Gasteiger partial charge in [-0.25, -0.2) is 4.39 Å². The van der Waals surface area contributed by atoms with Gasteiger partial charge in [-0.15, -0.1) is 0 Å². The molecule has 0 N–H and O–H groups in total. The Bertz CT molecular complexity index is 932. The van der Waals surface area contributed by atoms with E-state index in [2.05, 4.69) is 16.6 Å². The van der Waals surface area contributed by atoms with Gasteiger partial charge in [0.05, 0.1) is 5.56 Å². The third kappa shape index (κ3) is 4.46. The molecule has 0 radical (unpaired) electrons. The Balaban J connectivity index is 1.74. The van der Waals surface area contributed by atoms with Gasteiger partial charge in [0.2, 0.25) is 0 Å². The van der Waals surface area contributed by atoms with Crippen molar-refractivity contribution < 1.29 is 17.9 Å². The van der Waals surface area contributed by atoms with Gasteiger partial charge in [0.25, 0.3) is 0 Å². The first-order valence-corrected chi connectivity index (χ1v) is 7.94. The van der Waals surface area contributed by atoms with Crippen LogP contribution >= 0.6 is 0 Å². The monoisotopic (exact) mass is 352 g/mol. The van der Waals surface area contributed by atoms with E-state index in [0.717, 1.165) is 35.4 Å². The minimum atomic E-state index is -3.53. The lowest BCUT2D eigenvalue weighted by Gasteiger charge is -2.18. The highest BCUT2D eigenvalue weighted by molar-refractivity contribution is 5.44. The zero-order valence-electron chi connectivity index (χ0n) is 14.0. The highest BCUT2D eigenvalue weighted by Crippen LogP contribution is 2.31. The Labute approximate surface area is 150 Å². The molecule has 3 aromatic carbocycles. The minimum absolute atomic E-state index is 0.111. The van der Waals surface area contributed by atoms with Crippen molar-refractivity contribution in [3.8, 4) is 17.6 Å². The number of ether oxygens (including phenoxy) is 1. The summed E-state index contributed by atoms with van der Waals surface area (Å²) in [6.45, 7) is 1.99. The number of hydrogen-bond donors (Lipinski definition) is 0. The van der Waals surface area contributed by atoms with Crippen molar-refractivity contribution >= 4 is 0 Å². The Morgan fingerprint density at radius 1 is 0.731 bits per heavy atom. The third-order valence-electron chi connectivity index (χ3n) is 3.68. The molecule has 0 aliphatic heterocycles. The Morgan fingerprint density at radius 3 is 1.77 bits per heavy atom. The van der Waals surface area contributed by atoms with Gasteiger partial charge in [0.15, 0.2) is 0 Å². The summed E-state index contributed by atoms with van der Waals surface area (Å²) in [4.78, 5) is 0. The van der Waals surface area contributed by atoms with Crippen molar-refractivity contribution in [1.29, 1.82) is 0 Å². The van der Waals surface area contributed by atoms with Crippen molar-refractivity contribution in [3.05, 3.63) is 101 Å². The maximum absolute atomic E-state index is 14.2. The molecule has 0 aliphatic carbocycles. The number of halogens is 3. The third-order valence-corrected chi connectivity index (χ3v) is 3.68. The minimum Gasteiger partial charge on any atom is -0.429 e. The lowest BCUT2D eigenvalue weighted by atomic mass is 10.1. The van der Waals surface area contributed by atoms with Crippen LogP contribution < -0.4 is 4.74 Å². The molecule has 3 aromatic rings. The van der Waals surface area contributed by atoms with Crippen LogP contribution in [0.5, 0.6) is 5.75 Å². The molecule has 0 bridgehead atoms. The van der Waals surface area contributed by atoms with Crippen LogP contribution in [0.3, 0.4) is 0 Å². The number of alkyl halides is 2. The van der Waals surface area contributed by atoms with Crippen molar-refractivity contribution in [2.75, 3.05) is 0 Å². The molecule has 0 saturated carbocycles. The van der Waals surface area contributed by atoms with Gasteiger partial charge in [-0.05, 0) is 67.6 Å². The molecule has 0 atom stereocenters. The van der Waals surface area contributed by atoms with Crippen LogP contribution in [-0.2, 0) is 6.11 Å². The first-order valence-electron chi connectivity index (χ1n) is 7.94. The summed E-state index contributed by atoms with van der Waals surface area (Å²) in [7, 11) is 0. The van der Waals surface area contributed by atoms with E-state index in [1.807, 2.05) is 31.2 Å². The van der Waals surface area contributed by atoms with Crippen molar-refractivity contribution in [2.24, 2.45) is 0 Å². The summed E-state index contributed by atoms with van der Waals surface area (Å²) >= 11 is 0. The van der Waals surface area contributed by atoms with Gasteiger partial charge in [-0.3, -0.25) is 0 Å². The summed E-state index contributed by atoms with van der Waals surface area (Å²) in [6.07, 6.45) is -3.53. The second-order valence-corrected chi connectivity index (χ2v) is 5.77. The van der Waals surface area contributed by atoms with Crippen LogP contribution in [0.25, 0.3) is 0 Å². The number of rotatable bonds is 3. The average molecular weight is 352 g/mol. The first kappa shape index (κ1) is 17.6. The molecule has 0 saturated heterocycles. The predicted molar refractivity (Wildman–Crippen MR) is 94.5 cm³/mol. The molecule has 0 unspecified atom stereocenters. The summed E-state index contributed by atoms with van der Waals surface area (Å²) in [5.74, 6) is 5.30. The first-order chi connectivity index (χ1) is 12.4. The smallest absolute Gasteiger partial charge is 0.426 e. The van der Waals surface area contributed by atoms with Crippen LogP contribution in [0, 0.1) is 24.6 Å². The van der Waals surface area contributed by atoms with Crippen molar-refractivity contribution in [2.45, 2.75) is 13.0 Å². The van der Waals surface area contributed by atoms with E-state index in [-0.39, 0.29) is 11.3 Å². The summed E-state index contributed by atoms with van der Waals surface area (Å²) < 4.78 is 46.0. The quantitative estimate of drug-likeness (QED) is 0.553. The zero-order valence-corrected chi connectivity index (χ0v) is 14.0. The Kier molecular flexibility index (Phi) is 4.99. The molecule has 1 nitrogen and oxygen atoms in total. The lowest BCUT2D eigenvalue weighted by molar-refractivity contribution is -0.185. The van der Waals surface area contributed by atoms with E-state index in [4.69, 9.17) is 0 Å². The predicted octanol–water partition coefficient (Wildman–Crippen LogP) is 5.66. The molecule has 0 aromatic heterocycles. The summed E-state index contributed by atoms with van der Waals surface area (Å²) in [6, 6.07) is 17.7. The van der Waals surface area contributed by atoms with Gasteiger partial charge in [-0.2, -0.15) is 8.78 Å². The summed E-state index contributed by atoms with van der Waals surface area (Å²) in [5.41, 5.74) is 2.31. The lowest BCUT2D eigenvalue weighted by Crippen LogP contribution is -2.21. The van der Waals surface area contributed by atoms with Crippen LogP contribution in [0.15, 0.2) is 72.8 Å². The van der Waals surface area contributed by atoms with Crippen LogP contribution in [0.2, 0.25) is 0 Å². The second-order valence-electron chi connectivity index (χ2n) is 5.77. The zero-order chi connectivity index (χ0) is 18.6. The van der Waals surface area contributed by atoms with E-state index >= 15 is 0 Å². The van der Waals surface area contributed by atoms with Crippen LogP contribution in [0.1, 0.15) is 22.3 Å². The average Bonchev–Trinajstić information content (AvgIpc) is 2.63. The Hall–Kier alpha value is -3.19. The highest BCUT2D eigenvalue weighted by atomic mass is 19.3. The van der Waals surface area contributed by atoms with Crippen molar-refractivity contribution in [3.63, 3.8) is 0 Å². The van der Waals surface area contributed by atoms with E-state index in [1.54, 1.807) is 0 Å². The van der Waals surface area contributed by atoms with Crippen LogP contribution in [0.4, 0.5) is 13.2 Å². The van der Waals surface area contributed by atoms with Crippen LogP contribution in [-0.4, -0.2) is 0 Å². The molecule has 3 rings (SSSR count). The van der Waals surface area contributed by atoms with E-state index in [1.165, 1.54) is 24.3 Å². The molecule has 0 amide bonds. The molecule has 0 aliphatic rings. The van der Waals surface area contributed by atoms with E-state index in [0.29, 0.717) is 5.56 Å². The summed E-state index contributed by atoms with van der Waals surface area (Å²) in [5, 5.41) is 0. The standard InChI is InChI=1S/C22H15F3O/c1-16-2-4-17(5-3-16)6-7-18-8-10-19(11-9-18)22(24,25)26-21-14-12-20(23)13-15-21/h2-5,8-15H,1H3. The number of aryl methyl sites for hydroxylation is 1. The molecule has 26 heavy (non-hydrogen) atoms. The van der Waals surface area contributed by atoms with E-state index in [9.17, 15) is 13.2 Å². The molecular weight excluding hydrogens is 337 g/mol. The van der Waals surface area contributed by atoms with Gasteiger partial charge < -0.3 is 4.74 Å². The molecule has 0 heterocycles. The largest absolute Gasteiger partial charge is 0.429 e. The van der Waals surface area contributed by atoms with Gasteiger partial charge in [-0.1, -0.05) is 29.5 Å². The second kappa shape index (κ2) is 7.37. The maximum Gasteiger partial charge on any atom is 0.426 e. The van der Waals surface area contributed by atoms with Gasteiger partial charge in [0, 0.05) is 11.1 Å². The fourth-order valence-corrected chi connectivity index (χ4v) is 2.24.